The van der Waals surface area contributed by atoms with Gasteiger partial charge < -0.3 is 4.42 Å². The maximum Gasteiger partial charge on any atom is 0.347 e. The molecule has 3 heterocycles. The highest BCUT2D eigenvalue weighted by Crippen LogP contribution is 2.36. The van der Waals surface area contributed by atoms with Crippen LogP contribution < -0.4 is 5.63 Å². The number of thiazole rings is 1. The Hall–Kier alpha value is -3.31. The Bertz CT molecular complexity index is 1240. The molecule has 1 fully saturated rings. The fraction of sp³-hybridized carbons (Fsp3) is 0.211. The van der Waals surface area contributed by atoms with Gasteiger partial charge >= 0.3 is 5.63 Å². The molecule has 0 saturated heterocycles. The number of aromatic nitrogens is 5. The van der Waals surface area contributed by atoms with Crippen LogP contribution in [0.3, 0.4) is 0 Å². The predicted molar refractivity (Wildman–Crippen MR) is 100 cm³/mol. The normalized spacial score (nSPS) is 13.9. The molecule has 0 unspecified atom stereocenters. The van der Waals surface area contributed by atoms with Gasteiger partial charge in [-0.25, -0.2) is 9.78 Å². The van der Waals surface area contributed by atoms with Crippen LogP contribution >= 0.6 is 11.3 Å². The quantitative estimate of drug-likeness (QED) is 0.427. The van der Waals surface area contributed by atoms with Crippen molar-refractivity contribution in [1.29, 1.82) is 0 Å². The number of tetrazole rings is 1. The molecule has 132 valence electrons. The maximum atomic E-state index is 12.1. The van der Waals surface area contributed by atoms with Crippen LogP contribution in [0.15, 0.2) is 38.9 Å². The van der Waals surface area contributed by atoms with Crippen LogP contribution in [0, 0.1) is 11.8 Å². The first-order valence-corrected chi connectivity index (χ1v) is 9.43. The van der Waals surface area contributed by atoms with Crippen molar-refractivity contribution in [3.8, 4) is 23.2 Å². The number of rotatable bonds is 2. The summed E-state index contributed by atoms with van der Waals surface area (Å²) in [6.45, 7) is 0. The van der Waals surface area contributed by atoms with Crippen LogP contribution in [-0.4, -0.2) is 25.6 Å². The van der Waals surface area contributed by atoms with Gasteiger partial charge in [0.2, 0.25) is 5.82 Å². The maximum absolute atomic E-state index is 12.1. The molecule has 0 amide bonds. The van der Waals surface area contributed by atoms with E-state index in [0.717, 1.165) is 16.0 Å². The second-order valence-electron chi connectivity index (χ2n) is 6.39. The number of hydrogen-bond donors (Lipinski definition) is 1. The Morgan fingerprint density at radius 3 is 2.93 bits per heavy atom. The zero-order chi connectivity index (χ0) is 18.2. The number of benzene rings is 1. The lowest BCUT2D eigenvalue weighted by atomic mass is 9.83. The number of aromatic amines is 1. The van der Waals surface area contributed by atoms with Gasteiger partial charge in [-0.1, -0.05) is 12.3 Å². The van der Waals surface area contributed by atoms with Gasteiger partial charge in [0.05, 0.1) is 5.69 Å². The smallest absolute Gasteiger partial charge is 0.347 e. The van der Waals surface area contributed by atoms with Crippen molar-refractivity contribution < 1.29 is 4.42 Å². The van der Waals surface area contributed by atoms with Crippen LogP contribution in [0.4, 0.5) is 0 Å². The molecule has 0 atom stereocenters. The Morgan fingerprint density at radius 1 is 1.22 bits per heavy atom. The Balaban J connectivity index is 1.48. The van der Waals surface area contributed by atoms with E-state index >= 15 is 0 Å². The molecule has 1 aliphatic carbocycles. The van der Waals surface area contributed by atoms with Gasteiger partial charge in [0.25, 0.3) is 0 Å². The minimum Gasteiger partial charge on any atom is -0.422 e. The summed E-state index contributed by atoms with van der Waals surface area (Å²) in [5.41, 5.74) is 2.22. The van der Waals surface area contributed by atoms with Crippen LogP contribution in [0.5, 0.6) is 0 Å². The topological polar surface area (TPSA) is 97.6 Å². The van der Waals surface area contributed by atoms with Crippen LogP contribution in [0.25, 0.3) is 22.4 Å². The molecule has 5 rings (SSSR count). The first-order chi connectivity index (χ1) is 13.3. The Labute approximate surface area is 157 Å². The summed E-state index contributed by atoms with van der Waals surface area (Å²) in [5, 5.41) is 17.2. The predicted octanol–water partition coefficient (Wildman–Crippen LogP) is 3.10. The third-order valence-electron chi connectivity index (χ3n) is 4.68. The van der Waals surface area contributed by atoms with Gasteiger partial charge in [0.15, 0.2) is 5.01 Å². The molecule has 27 heavy (non-hydrogen) atoms. The standard InChI is InChI=1S/C19H13N5O2S/c25-19-14(18-21-23-24-22-18)9-13-8-11(4-6-16(13)26-19)5-7-17-20-15(10-27-17)12-2-1-3-12/h4,6,8-10,12H,1-3H2,(H,21,22,23,24). The fourth-order valence-corrected chi connectivity index (χ4v) is 3.74. The molecule has 4 aromatic rings. The van der Waals surface area contributed by atoms with E-state index < -0.39 is 5.63 Å². The average Bonchev–Trinajstić information content (AvgIpc) is 3.30. The molecule has 0 spiro atoms. The third-order valence-corrected chi connectivity index (χ3v) is 5.45. The lowest BCUT2D eigenvalue weighted by molar-refractivity contribution is 0.412. The first-order valence-electron chi connectivity index (χ1n) is 8.55. The molecule has 3 aromatic heterocycles. The van der Waals surface area contributed by atoms with Crippen LogP contribution in [0.2, 0.25) is 0 Å². The molecule has 1 aromatic carbocycles. The SMILES string of the molecule is O=c1oc2ccc(C#Cc3nc(C4CCC4)cs3)cc2cc1-c1nn[nH]n1. The van der Waals surface area contributed by atoms with Crippen molar-refractivity contribution in [2.45, 2.75) is 25.2 Å². The van der Waals surface area contributed by atoms with Crippen molar-refractivity contribution in [1.82, 2.24) is 25.6 Å². The summed E-state index contributed by atoms with van der Waals surface area (Å²) in [6, 6.07) is 7.12. The highest BCUT2D eigenvalue weighted by Gasteiger charge is 2.21. The highest BCUT2D eigenvalue weighted by atomic mass is 32.1. The van der Waals surface area contributed by atoms with E-state index in [1.807, 2.05) is 12.1 Å². The molecule has 0 radical (unpaired) electrons. The van der Waals surface area contributed by atoms with Gasteiger partial charge in [0, 0.05) is 22.2 Å². The number of nitrogens with zero attached hydrogens (tertiary/aromatic N) is 4. The Kier molecular flexibility index (Phi) is 3.80. The second-order valence-corrected chi connectivity index (χ2v) is 7.25. The largest absolute Gasteiger partial charge is 0.422 e. The van der Waals surface area contributed by atoms with Crippen LogP contribution in [0.1, 0.15) is 41.4 Å². The lowest BCUT2D eigenvalue weighted by Crippen LogP contribution is -2.08. The van der Waals surface area contributed by atoms with E-state index in [0.29, 0.717) is 11.5 Å². The molecule has 7 nitrogen and oxygen atoms in total. The summed E-state index contributed by atoms with van der Waals surface area (Å²) in [7, 11) is 0. The number of fused-ring (bicyclic) bond motifs is 1. The molecular formula is C19H13N5O2S. The zero-order valence-electron chi connectivity index (χ0n) is 14.1. The molecule has 0 aliphatic heterocycles. The third kappa shape index (κ3) is 3.02. The molecule has 1 saturated carbocycles. The minimum atomic E-state index is -0.506. The van der Waals surface area contributed by atoms with Gasteiger partial charge in [0.1, 0.15) is 11.1 Å². The summed E-state index contributed by atoms with van der Waals surface area (Å²) in [5.74, 6) is 7.08. The second kappa shape index (κ2) is 6.45. The van der Waals surface area contributed by atoms with Gasteiger partial charge in [-0.15, -0.1) is 21.5 Å². The van der Waals surface area contributed by atoms with E-state index in [1.54, 1.807) is 23.5 Å². The zero-order valence-corrected chi connectivity index (χ0v) is 14.9. The van der Waals surface area contributed by atoms with Gasteiger partial charge in [-0.05, 0) is 48.2 Å². The minimum absolute atomic E-state index is 0.202. The summed E-state index contributed by atoms with van der Waals surface area (Å²) in [4.78, 5) is 16.7. The lowest BCUT2D eigenvalue weighted by Gasteiger charge is -2.22. The number of H-pyrrole nitrogens is 1. The summed E-state index contributed by atoms with van der Waals surface area (Å²) < 4.78 is 5.35. The van der Waals surface area contributed by atoms with E-state index in [4.69, 9.17) is 4.42 Å². The summed E-state index contributed by atoms with van der Waals surface area (Å²) >= 11 is 1.58. The monoisotopic (exact) mass is 375 g/mol. The van der Waals surface area contributed by atoms with E-state index in [9.17, 15) is 4.79 Å². The molecule has 8 heteroatoms. The van der Waals surface area contributed by atoms with Crippen molar-refractivity contribution in [3.05, 3.63) is 56.3 Å². The highest BCUT2D eigenvalue weighted by molar-refractivity contribution is 7.10. The van der Waals surface area contributed by atoms with E-state index in [-0.39, 0.29) is 11.4 Å². The van der Waals surface area contributed by atoms with Crippen molar-refractivity contribution in [2.75, 3.05) is 0 Å². The first kappa shape index (κ1) is 15.9. The van der Waals surface area contributed by atoms with Crippen molar-refractivity contribution in [2.24, 2.45) is 0 Å². The van der Waals surface area contributed by atoms with Gasteiger partial charge in [-0.3, -0.25) is 0 Å². The van der Waals surface area contributed by atoms with Crippen LogP contribution in [-0.2, 0) is 0 Å². The fourth-order valence-electron chi connectivity index (χ4n) is 2.99. The molecule has 0 bridgehead atoms. The Morgan fingerprint density at radius 2 is 2.15 bits per heavy atom. The summed E-state index contributed by atoms with van der Waals surface area (Å²) in [6.07, 6.45) is 3.76. The molecular weight excluding hydrogens is 362 g/mol. The van der Waals surface area contributed by atoms with Gasteiger partial charge in [-0.2, -0.15) is 5.21 Å². The van der Waals surface area contributed by atoms with Crippen molar-refractivity contribution >= 4 is 22.3 Å². The van der Waals surface area contributed by atoms with Crippen molar-refractivity contribution in [3.63, 3.8) is 0 Å². The van der Waals surface area contributed by atoms with E-state index in [1.165, 1.54) is 25.0 Å². The van der Waals surface area contributed by atoms with E-state index in [2.05, 4.69) is 42.8 Å². The number of hydrogen-bond acceptors (Lipinski definition) is 7. The molecule has 1 N–H and O–H groups in total. The average molecular weight is 375 g/mol. The molecule has 1 aliphatic rings. The number of nitrogens with one attached hydrogen (secondary N) is 1.